The van der Waals surface area contributed by atoms with Crippen LogP contribution in [0.4, 0.5) is 0 Å². The van der Waals surface area contributed by atoms with Crippen LogP contribution in [0.15, 0.2) is 24.3 Å². The van der Waals surface area contributed by atoms with Crippen molar-refractivity contribution in [3.63, 3.8) is 0 Å². The average Bonchev–Trinajstić information content (AvgIpc) is 2.60. The molecule has 0 heterocycles. The van der Waals surface area contributed by atoms with Gasteiger partial charge >= 0.3 is 0 Å². The smallest absolute Gasteiger partial charge is 0.0230 e. The molecule has 2 rings (SSSR count). The fourth-order valence-corrected chi connectivity index (χ4v) is 4.03. The lowest BCUT2D eigenvalue weighted by Gasteiger charge is -2.22. The minimum absolute atomic E-state index is 0.959. The first kappa shape index (κ1) is 24.5. The van der Waals surface area contributed by atoms with Gasteiger partial charge in [0.2, 0.25) is 0 Å². The Hall–Kier alpha value is -1.72. The van der Waals surface area contributed by atoms with E-state index in [0.717, 1.165) is 26.2 Å². The molecule has 0 aliphatic rings. The summed E-state index contributed by atoms with van der Waals surface area (Å²) in [5.74, 6) is 0. The molecule has 0 unspecified atom stereocenters. The van der Waals surface area contributed by atoms with Crippen molar-refractivity contribution in [3.05, 3.63) is 57.6 Å². The molecule has 0 spiro atoms. The van der Waals surface area contributed by atoms with Crippen LogP contribution in [0.3, 0.4) is 0 Å². The number of hydrogen-bond acceptors (Lipinski definition) is 4. The molecule has 4 nitrogen and oxygen atoms in total. The van der Waals surface area contributed by atoms with Gasteiger partial charge in [0, 0.05) is 26.2 Å². The summed E-state index contributed by atoms with van der Waals surface area (Å²) in [7, 11) is 17.2. The summed E-state index contributed by atoms with van der Waals surface area (Å²) in [4.78, 5) is 9.04. The molecule has 0 bridgehead atoms. The predicted molar refractivity (Wildman–Crippen MR) is 131 cm³/mol. The van der Waals surface area contributed by atoms with Gasteiger partial charge in [-0.3, -0.25) is 0 Å². The van der Waals surface area contributed by atoms with Crippen LogP contribution in [0, 0.1) is 13.8 Å². The lowest BCUT2D eigenvalue weighted by atomic mass is 9.90. The van der Waals surface area contributed by atoms with E-state index in [1.165, 1.54) is 44.5 Å². The van der Waals surface area contributed by atoms with Crippen molar-refractivity contribution in [2.24, 2.45) is 0 Å². The van der Waals surface area contributed by atoms with Crippen LogP contribution in [0.2, 0.25) is 0 Å². The van der Waals surface area contributed by atoms with Gasteiger partial charge in [-0.25, -0.2) is 0 Å². The van der Waals surface area contributed by atoms with E-state index in [9.17, 15) is 0 Å². The third-order valence-electron chi connectivity index (χ3n) is 5.53. The molecule has 2 aromatic rings. The fraction of sp³-hybridized carbons (Fsp3) is 0.538. The van der Waals surface area contributed by atoms with Crippen molar-refractivity contribution < 1.29 is 0 Å². The average molecular weight is 411 g/mol. The van der Waals surface area contributed by atoms with E-state index in [1.807, 2.05) is 0 Å². The summed E-state index contributed by atoms with van der Waals surface area (Å²) in [6, 6.07) is 9.60. The minimum Gasteiger partial charge on any atom is -0.305 e. The molecule has 2 aromatic carbocycles. The highest BCUT2D eigenvalue weighted by Crippen LogP contribution is 2.31. The van der Waals surface area contributed by atoms with Gasteiger partial charge in [0.1, 0.15) is 0 Å². The Labute approximate surface area is 185 Å². The molecule has 0 saturated heterocycles. The van der Waals surface area contributed by atoms with Crippen molar-refractivity contribution in [2.45, 2.75) is 40.0 Å². The zero-order valence-corrected chi connectivity index (χ0v) is 20.9. The van der Waals surface area contributed by atoms with Crippen molar-refractivity contribution >= 4 is 0 Å². The number of rotatable bonds is 9. The van der Waals surface area contributed by atoms with Gasteiger partial charge in [-0.1, -0.05) is 0 Å². The Balaban J connectivity index is 2.67. The Morgan fingerprint density at radius 1 is 0.433 bits per heavy atom. The molecular formula is C26H42N4. The largest absolute Gasteiger partial charge is 0.305 e. The number of nitrogens with zero attached hydrogens (tertiary/aromatic N) is 4. The van der Waals surface area contributed by atoms with E-state index in [0.29, 0.717) is 0 Å². The highest BCUT2D eigenvalue weighted by atomic mass is 15.1. The predicted octanol–water partition coefficient (Wildman–Crippen LogP) is 4.22. The molecule has 0 saturated carbocycles. The van der Waals surface area contributed by atoms with Gasteiger partial charge in [-0.2, -0.15) is 0 Å². The Morgan fingerprint density at radius 3 is 0.800 bits per heavy atom. The maximum Gasteiger partial charge on any atom is 0.0230 e. The Kier molecular flexibility index (Phi) is 8.62. The molecule has 0 amide bonds. The van der Waals surface area contributed by atoms with E-state index >= 15 is 0 Å². The van der Waals surface area contributed by atoms with Gasteiger partial charge < -0.3 is 19.6 Å². The Morgan fingerprint density at radius 2 is 0.633 bits per heavy atom. The molecule has 0 N–H and O–H groups in total. The van der Waals surface area contributed by atoms with Crippen molar-refractivity contribution in [2.75, 3.05) is 56.4 Å². The normalized spacial score (nSPS) is 12.1. The topological polar surface area (TPSA) is 13.0 Å². The van der Waals surface area contributed by atoms with Crippen LogP contribution in [0.5, 0.6) is 0 Å². The first-order chi connectivity index (χ1) is 14.0. The summed E-state index contributed by atoms with van der Waals surface area (Å²) in [5.41, 5.74) is 11.1. The van der Waals surface area contributed by atoms with E-state index in [2.05, 4.69) is 114 Å². The van der Waals surface area contributed by atoms with Crippen LogP contribution in [-0.4, -0.2) is 76.0 Å². The number of benzene rings is 2. The van der Waals surface area contributed by atoms with Crippen LogP contribution < -0.4 is 0 Å². The zero-order chi connectivity index (χ0) is 22.6. The van der Waals surface area contributed by atoms with Crippen molar-refractivity contribution in [1.29, 1.82) is 0 Å². The Bertz CT molecular complexity index is 717. The first-order valence-electron chi connectivity index (χ1n) is 10.8. The van der Waals surface area contributed by atoms with E-state index in [1.54, 1.807) is 0 Å². The molecule has 0 radical (unpaired) electrons. The third-order valence-corrected chi connectivity index (χ3v) is 5.53. The summed E-state index contributed by atoms with van der Waals surface area (Å²) < 4.78 is 0. The molecule has 4 heteroatoms. The maximum absolute atomic E-state index is 2.40. The zero-order valence-electron chi connectivity index (χ0n) is 20.9. The van der Waals surface area contributed by atoms with Crippen LogP contribution >= 0.6 is 0 Å². The highest BCUT2D eigenvalue weighted by molar-refractivity contribution is 5.69. The molecule has 0 aromatic heterocycles. The summed E-state index contributed by atoms with van der Waals surface area (Å²) in [6.45, 7) is 8.38. The molecular weight excluding hydrogens is 368 g/mol. The summed E-state index contributed by atoms with van der Waals surface area (Å²) in [6.07, 6.45) is 0. The van der Waals surface area contributed by atoms with Crippen molar-refractivity contribution in [3.8, 4) is 11.1 Å². The molecule has 0 atom stereocenters. The van der Waals surface area contributed by atoms with Crippen LogP contribution in [0.25, 0.3) is 11.1 Å². The molecule has 166 valence electrons. The van der Waals surface area contributed by atoms with E-state index < -0.39 is 0 Å². The quantitative estimate of drug-likeness (QED) is 0.614. The maximum atomic E-state index is 2.40. The standard InChI is InChI=1S/C26H42N4/c1-19-23(15-27(3)4)11-21(12-24(19)16-28(5)6)22-13-25(17-29(7)8)20(2)26(14-22)18-30(9)10/h11-14H,15-18H2,1-10H3. The van der Waals surface area contributed by atoms with Crippen molar-refractivity contribution in [1.82, 2.24) is 19.6 Å². The minimum atomic E-state index is 0.959. The molecule has 0 aliphatic carbocycles. The van der Waals surface area contributed by atoms with Gasteiger partial charge in [0.15, 0.2) is 0 Å². The molecule has 30 heavy (non-hydrogen) atoms. The van der Waals surface area contributed by atoms with Crippen LogP contribution in [-0.2, 0) is 26.2 Å². The number of hydrogen-bond donors (Lipinski definition) is 0. The summed E-state index contributed by atoms with van der Waals surface area (Å²) in [5, 5.41) is 0. The van der Waals surface area contributed by atoms with Gasteiger partial charge in [-0.05, 0) is 139 Å². The van der Waals surface area contributed by atoms with Crippen LogP contribution in [0.1, 0.15) is 33.4 Å². The molecule has 0 fully saturated rings. The second kappa shape index (κ2) is 10.5. The third kappa shape index (κ3) is 6.64. The van der Waals surface area contributed by atoms with E-state index in [4.69, 9.17) is 0 Å². The summed E-state index contributed by atoms with van der Waals surface area (Å²) >= 11 is 0. The van der Waals surface area contributed by atoms with Gasteiger partial charge in [0.25, 0.3) is 0 Å². The molecule has 0 aliphatic heterocycles. The monoisotopic (exact) mass is 410 g/mol. The lowest BCUT2D eigenvalue weighted by molar-refractivity contribution is 0.393. The van der Waals surface area contributed by atoms with E-state index in [-0.39, 0.29) is 0 Å². The second-order valence-corrected chi connectivity index (χ2v) is 9.79. The van der Waals surface area contributed by atoms with Gasteiger partial charge in [0.05, 0.1) is 0 Å². The fourth-order valence-electron chi connectivity index (χ4n) is 4.03. The highest BCUT2D eigenvalue weighted by Gasteiger charge is 2.14. The lowest BCUT2D eigenvalue weighted by Crippen LogP contribution is -2.16. The van der Waals surface area contributed by atoms with Gasteiger partial charge in [-0.15, -0.1) is 0 Å². The second-order valence-electron chi connectivity index (χ2n) is 9.79. The SMILES string of the molecule is Cc1c(CN(C)C)cc(-c2cc(CN(C)C)c(C)c(CN(C)C)c2)cc1CN(C)C. The first-order valence-corrected chi connectivity index (χ1v) is 10.8.